The number of amides is 1. The second-order valence-electron chi connectivity index (χ2n) is 5.64. The normalized spacial score (nSPS) is 31.5. The fourth-order valence-corrected chi connectivity index (χ4v) is 3.23. The standard InChI is InChI=1S/C14H25NO2/c1-2-11-10-15(9-8-13(11)16)14(17)12-6-4-3-5-7-12/h11-13,16H,2-10H2,1H3. The van der Waals surface area contributed by atoms with Gasteiger partial charge >= 0.3 is 0 Å². The Morgan fingerprint density at radius 1 is 1.24 bits per heavy atom. The van der Waals surface area contributed by atoms with Crippen molar-refractivity contribution in [1.82, 2.24) is 4.90 Å². The van der Waals surface area contributed by atoms with Crippen LogP contribution < -0.4 is 0 Å². The molecule has 2 unspecified atom stereocenters. The third kappa shape index (κ3) is 3.01. The summed E-state index contributed by atoms with van der Waals surface area (Å²) in [5, 5.41) is 9.84. The first kappa shape index (κ1) is 12.9. The van der Waals surface area contributed by atoms with Crippen molar-refractivity contribution in [3.63, 3.8) is 0 Å². The van der Waals surface area contributed by atoms with Crippen molar-refractivity contribution < 1.29 is 9.90 Å². The zero-order valence-electron chi connectivity index (χ0n) is 10.9. The highest BCUT2D eigenvalue weighted by Gasteiger charge is 2.32. The van der Waals surface area contributed by atoms with Crippen LogP contribution >= 0.6 is 0 Å². The van der Waals surface area contributed by atoms with Crippen molar-refractivity contribution in [2.24, 2.45) is 11.8 Å². The van der Waals surface area contributed by atoms with Gasteiger partial charge in [0.1, 0.15) is 0 Å². The monoisotopic (exact) mass is 239 g/mol. The number of rotatable bonds is 2. The lowest BCUT2D eigenvalue weighted by atomic mass is 9.86. The van der Waals surface area contributed by atoms with E-state index in [9.17, 15) is 9.90 Å². The minimum absolute atomic E-state index is 0.199. The van der Waals surface area contributed by atoms with Crippen LogP contribution in [0.15, 0.2) is 0 Å². The molecule has 0 spiro atoms. The van der Waals surface area contributed by atoms with Gasteiger partial charge in [-0.3, -0.25) is 4.79 Å². The quantitative estimate of drug-likeness (QED) is 0.802. The highest BCUT2D eigenvalue weighted by Crippen LogP contribution is 2.28. The number of carbonyl (C=O) groups excluding carboxylic acids is 1. The number of hydrogen-bond acceptors (Lipinski definition) is 2. The summed E-state index contributed by atoms with van der Waals surface area (Å²) in [6.45, 7) is 3.63. The molecule has 2 atom stereocenters. The third-order valence-corrected chi connectivity index (χ3v) is 4.48. The van der Waals surface area contributed by atoms with E-state index in [-0.39, 0.29) is 17.9 Å². The molecule has 17 heavy (non-hydrogen) atoms. The Bertz CT molecular complexity index is 261. The molecule has 1 N–H and O–H groups in total. The van der Waals surface area contributed by atoms with Crippen LogP contribution in [0.1, 0.15) is 51.9 Å². The van der Waals surface area contributed by atoms with Crippen molar-refractivity contribution in [1.29, 1.82) is 0 Å². The average molecular weight is 239 g/mol. The number of nitrogens with zero attached hydrogens (tertiary/aromatic N) is 1. The molecular formula is C14H25NO2. The summed E-state index contributed by atoms with van der Waals surface area (Å²) in [6.07, 6.45) is 7.40. The lowest BCUT2D eigenvalue weighted by Gasteiger charge is -2.38. The van der Waals surface area contributed by atoms with Crippen molar-refractivity contribution in [3.05, 3.63) is 0 Å². The van der Waals surface area contributed by atoms with E-state index in [2.05, 4.69) is 6.92 Å². The molecule has 1 saturated carbocycles. The van der Waals surface area contributed by atoms with Gasteiger partial charge in [0.15, 0.2) is 0 Å². The SMILES string of the molecule is CCC1CN(C(=O)C2CCCCC2)CCC1O. The lowest BCUT2D eigenvalue weighted by Crippen LogP contribution is -2.48. The maximum atomic E-state index is 12.4. The van der Waals surface area contributed by atoms with Gasteiger partial charge in [0.25, 0.3) is 0 Å². The minimum Gasteiger partial charge on any atom is -0.393 e. The molecule has 0 radical (unpaired) electrons. The molecule has 0 aromatic rings. The van der Waals surface area contributed by atoms with Crippen molar-refractivity contribution >= 4 is 5.91 Å². The van der Waals surface area contributed by atoms with E-state index < -0.39 is 0 Å². The Balaban J connectivity index is 1.90. The molecule has 3 heteroatoms. The molecule has 2 aliphatic rings. The van der Waals surface area contributed by atoms with Gasteiger partial charge in [-0.1, -0.05) is 26.2 Å². The van der Waals surface area contributed by atoms with Gasteiger partial charge in [-0.25, -0.2) is 0 Å². The Morgan fingerprint density at radius 3 is 2.59 bits per heavy atom. The Labute approximate surface area is 104 Å². The van der Waals surface area contributed by atoms with Crippen LogP contribution in [0.5, 0.6) is 0 Å². The third-order valence-electron chi connectivity index (χ3n) is 4.48. The van der Waals surface area contributed by atoms with Crippen LogP contribution in [0, 0.1) is 11.8 Å². The summed E-state index contributed by atoms with van der Waals surface area (Å²) in [4.78, 5) is 14.4. The van der Waals surface area contributed by atoms with Gasteiger partial charge in [-0.05, 0) is 25.7 Å². The van der Waals surface area contributed by atoms with Crippen LogP contribution in [0.3, 0.4) is 0 Å². The van der Waals surface area contributed by atoms with Crippen molar-refractivity contribution in [2.45, 2.75) is 58.0 Å². The molecule has 2 fully saturated rings. The van der Waals surface area contributed by atoms with E-state index in [1.807, 2.05) is 4.90 Å². The van der Waals surface area contributed by atoms with E-state index >= 15 is 0 Å². The number of aliphatic hydroxyl groups excluding tert-OH is 1. The summed E-state index contributed by atoms with van der Waals surface area (Å²) in [5.74, 6) is 0.919. The first-order chi connectivity index (χ1) is 8.22. The van der Waals surface area contributed by atoms with Crippen LogP contribution in [0.4, 0.5) is 0 Å². The van der Waals surface area contributed by atoms with Gasteiger partial charge in [0.05, 0.1) is 6.10 Å². The zero-order valence-corrected chi connectivity index (χ0v) is 10.9. The van der Waals surface area contributed by atoms with Crippen molar-refractivity contribution in [3.8, 4) is 0 Å². The predicted molar refractivity (Wildman–Crippen MR) is 67.6 cm³/mol. The molecule has 0 aromatic heterocycles. The van der Waals surface area contributed by atoms with Gasteiger partial charge in [0.2, 0.25) is 5.91 Å². The molecule has 1 heterocycles. The topological polar surface area (TPSA) is 40.5 Å². The largest absolute Gasteiger partial charge is 0.393 e. The highest BCUT2D eigenvalue weighted by atomic mass is 16.3. The maximum Gasteiger partial charge on any atom is 0.225 e. The van der Waals surface area contributed by atoms with Crippen LogP contribution in [-0.4, -0.2) is 35.1 Å². The number of aliphatic hydroxyl groups is 1. The van der Waals surface area contributed by atoms with Gasteiger partial charge in [0, 0.05) is 24.9 Å². The lowest BCUT2D eigenvalue weighted by molar-refractivity contribution is -0.140. The Hall–Kier alpha value is -0.570. The summed E-state index contributed by atoms with van der Waals surface area (Å²) < 4.78 is 0. The summed E-state index contributed by atoms with van der Waals surface area (Å²) >= 11 is 0. The van der Waals surface area contributed by atoms with E-state index in [4.69, 9.17) is 0 Å². The molecule has 98 valence electrons. The van der Waals surface area contributed by atoms with Gasteiger partial charge in [-0.2, -0.15) is 0 Å². The molecule has 2 rings (SSSR count). The average Bonchev–Trinajstić information content (AvgIpc) is 2.39. The van der Waals surface area contributed by atoms with E-state index in [0.717, 1.165) is 38.8 Å². The predicted octanol–water partition coefficient (Wildman–Crippen LogP) is 2.19. The van der Waals surface area contributed by atoms with Crippen LogP contribution in [-0.2, 0) is 4.79 Å². The molecule has 0 bridgehead atoms. The van der Waals surface area contributed by atoms with Gasteiger partial charge < -0.3 is 10.0 Å². The second-order valence-corrected chi connectivity index (χ2v) is 5.64. The zero-order chi connectivity index (χ0) is 12.3. The van der Waals surface area contributed by atoms with Gasteiger partial charge in [-0.15, -0.1) is 0 Å². The number of piperidine rings is 1. The molecule has 1 aliphatic carbocycles. The van der Waals surface area contributed by atoms with E-state index in [1.165, 1.54) is 19.3 Å². The highest BCUT2D eigenvalue weighted by molar-refractivity contribution is 5.79. The molecule has 3 nitrogen and oxygen atoms in total. The summed E-state index contributed by atoms with van der Waals surface area (Å²) in [5.41, 5.74) is 0. The Kier molecular flexibility index (Phi) is 4.43. The molecule has 1 amide bonds. The van der Waals surface area contributed by atoms with Crippen LogP contribution in [0.2, 0.25) is 0 Å². The van der Waals surface area contributed by atoms with E-state index in [1.54, 1.807) is 0 Å². The fourth-order valence-electron chi connectivity index (χ4n) is 3.23. The molecule has 1 saturated heterocycles. The molecule has 1 aliphatic heterocycles. The number of carbonyl (C=O) groups is 1. The van der Waals surface area contributed by atoms with Crippen LogP contribution in [0.25, 0.3) is 0 Å². The summed E-state index contributed by atoms with van der Waals surface area (Å²) in [7, 11) is 0. The summed E-state index contributed by atoms with van der Waals surface area (Å²) in [6, 6.07) is 0. The molecular weight excluding hydrogens is 214 g/mol. The number of hydrogen-bond donors (Lipinski definition) is 1. The van der Waals surface area contributed by atoms with E-state index in [0.29, 0.717) is 5.91 Å². The Morgan fingerprint density at radius 2 is 1.94 bits per heavy atom. The smallest absolute Gasteiger partial charge is 0.225 e. The first-order valence-electron chi connectivity index (χ1n) is 7.19. The first-order valence-corrected chi connectivity index (χ1v) is 7.19. The number of likely N-dealkylation sites (tertiary alicyclic amines) is 1. The minimum atomic E-state index is -0.199. The second kappa shape index (κ2) is 5.85. The maximum absolute atomic E-state index is 12.4. The van der Waals surface area contributed by atoms with Crippen molar-refractivity contribution in [2.75, 3.05) is 13.1 Å². The fraction of sp³-hybridized carbons (Fsp3) is 0.929. The molecule has 0 aromatic carbocycles.